The summed E-state index contributed by atoms with van der Waals surface area (Å²) in [5, 5.41) is 7.16. The summed E-state index contributed by atoms with van der Waals surface area (Å²) in [4.78, 5) is 0. The Morgan fingerprint density at radius 2 is 2.04 bits per heavy atom. The van der Waals surface area contributed by atoms with Crippen molar-refractivity contribution >= 4 is 16.0 Å². The predicted molar refractivity (Wildman–Crippen MR) is 89.8 cm³/mol. The van der Waals surface area contributed by atoms with Crippen molar-refractivity contribution in [3.05, 3.63) is 29.8 Å². The van der Waals surface area contributed by atoms with Crippen molar-refractivity contribution in [3.63, 3.8) is 0 Å². The van der Waals surface area contributed by atoms with Crippen molar-refractivity contribution in [1.29, 1.82) is 0 Å². The normalized spacial score (nSPS) is 16.7. The molecule has 0 bridgehead atoms. The number of nitrogens with one attached hydrogen (secondary N) is 1. The van der Waals surface area contributed by atoms with Gasteiger partial charge in [0.2, 0.25) is 10.0 Å². The van der Waals surface area contributed by atoms with Crippen LogP contribution in [0, 0.1) is 17.6 Å². The van der Waals surface area contributed by atoms with Gasteiger partial charge in [-0.1, -0.05) is 17.9 Å². The van der Waals surface area contributed by atoms with Gasteiger partial charge >= 0.3 is 6.01 Å². The van der Waals surface area contributed by atoms with E-state index < -0.39 is 27.8 Å². The highest BCUT2D eigenvalue weighted by molar-refractivity contribution is 7.92. The molecule has 0 amide bonds. The lowest BCUT2D eigenvalue weighted by Gasteiger charge is -2.21. The lowest BCUT2D eigenvalue weighted by atomic mass is 10.0. The van der Waals surface area contributed by atoms with Crippen LogP contribution in [0.2, 0.25) is 0 Å². The maximum atomic E-state index is 13.8. The van der Waals surface area contributed by atoms with Crippen LogP contribution in [0.5, 0.6) is 0 Å². The molecule has 0 spiro atoms. The minimum absolute atomic E-state index is 0.120. The average molecular weight is 387 g/mol. The van der Waals surface area contributed by atoms with E-state index in [1.807, 2.05) is 0 Å². The van der Waals surface area contributed by atoms with Crippen LogP contribution in [0.1, 0.15) is 25.7 Å². The second kappa shape index (κ2) is 7.67. The third-order valence-electron chi connectivity index (χ3n) is 4.44. The molecule has 142 valence electrons. The summed E-state index contributed by atoms with van der Waals surface area (Å²) >= 11 is 0. The Bertz CT molecular complexity index is 866. The lowest BCUT2D eigenvalue weighted by Crippen LogP contribution is -2.32. The molecule has 0 aliphatic heterocycles. The van der Waals surface area contributed by atoms with E-state index in [4.69, 9.17) is 9.15 Å². The molecule has 3 rings (SSSR count). The van der Waals surface area contributed by atoms with E-state index in [0.29, 0.717) is 6.07 Å². The standard InChI is InChI=1S/C16H19F2N3O4S/c1-24-14(10-4-2-3-5-10)9-26(22,23)21-16-20-19-15(25-16)12-7-6-11(17)8-13(12)18/h6-8,10,14H,2-5,9H2,1H3,(H,20,21). The molecule has 1 N–H and O–H groups in total. The molecule has 1 aromatic carbocycles. The van der Waals surface area contributed by atoms with Crippen molar-refractivity contribution in [2.45, 2.75) is 31.8 Å². The van der Waals surface area contributed by atoms with Gasteiger partial charge < -0.3 is 9.15 Å². The van der Waals surface area contributed by atoms with Crippen LogP contribution in [-0.4, -0.2) is 37.6 Å². The highest BCUT2D eigenvalue weighted by Crippen LogP contribution is 2.30. The summed E-state index contributed by atoms with van der Waals surface area (Å²) in [5.74, 6) is -1.92. The maximum absolute atomic E-state index is 13.8. The van der Waals surface area contributed by atoms with Crippen LogP contribution >= 0.6 is 0 Å². The highest BCUT2D eigenvalue weighted by atomic mass is 32.2. The van der Waals surface area contributed by atoms with E-state index in [2.05, 4.69) is 14.9 Å². The highest BCUT2D eigenvalue weighted by Gasteiger charge is 2.30. The average Bonchev–Trinajstić information content (AvgIpc) is 3.24. The fraction of sp³-hybridized carbons (Fsp3) is 0.500. The van der Waals surface area contributed by atoms with Crippen LogP contribution in [-0.2, 0) is 14.8 Å². The first-order chi connectivity index (χ1) is 12.4. The van der Waals surface area contributed by atoms with Gasteiger partial charge in [-0.05, 0) is 30.9 Å². The van der Waals surface area contributed by atoms with Gasteiger partial charge in [0, 0.05) is 13.2 Å². The molecule has 1 fully saturated rings. The van der Waals surface area contributed by atoms with Crippen molar-refractivity contribution < 1.29 is 26.4 Å². The quantitative estimate of drug-likeness (QED) is 0.785. The zero-order valence-corrected chi connectivity index (χ0v) is 14.9. The number of methoxy groups -OCH3 is 1. The minimum Gasteiger partial charge on any atom is -0.403 e. The van der Waals surface area contributed by atoms with E-state index >= 15 is 0 Å². The fourth-order valence-electron chi connectivity index (χ4n) is 3.15. The van der Waals surface area contributed by atoms with Gasteiger partial charge in [-0.25, -0.2) is 21.9 Å². The van der Waals surface area contributed by atoms with Crippen LogP contribution < -0.4 is 4.72 Å². The van der Waals surface area contributed by atoms with Gasteiger partial charge in [0.15, 0.2) is 0 Å². The molecule has 0 saturated heterocycles. The zero-order chi connectivity index (χ0) is 18.7. The third-order valence-corrected chi connectivity index (χ3v) is 5.69. The zero-order valence-electron chi connectivity index (χ0n) is 14.1. The fourth-order valence-corrected chi connectivity index (χ4v) is 4.43. The Morgan fingerprint density at radius 1 is 1.31 bits per heavy atom. The Labute approximate surface area is 149 Å². The minimum atomic E-state index is -3.79. The molecule has 1 saturated carbocycles. The number of aromatic nitrogens is 2. The van der Waals surface area contributed by atoms with Crippen LogP contribution in [0.15, 0.2) is 22.6 Å². The largest absolute Gasteiger partial charge is 0.403 e. The van der Waals surface area contributed by atoms with Crippen LogP contribution in [0.4, 0.5) is 14.8 Å². The van der Waals surface area contributed by atoms with E-state index in [-0.39, 0.29) is 29.1 Å². The van der Waals surface area contributed by atoms with Gasteiger partial charge in [0.25, 0.3) is 5.89 Å². The monoisotopic (exact) mass is 387 g/mol. The Hall–Kier alpha value is -2.07. The first-order valence-electron chi connectivity index (χ1n) is 8.20. The lowest BCUT2D eigenvalue weighted by molar-refractivity contribution is 0.0718. The van der Waals surface area contributed by atoms with E-state index in [9.17, 15) is 17.2 Å². The summed E-state index contributed by atoms with van der Waals surface area (Å²) in [6.45, 7) is 0. The van der Waals surface area contributed by atoms with E-state index in [1.165, 1.54) is 7.11 Å². The van der Waals surface area contributed by atoms with Gasteiger partial charge in [0.1, 0.15) is 11.6 Å². The molecule has 1 unspecified atom stereocenters. The number of rotatable bonds is 7. The molecule has 1 heterocycles. The van der Waals surface area contributed by atoms with E-state index in [1.54, 1.807) is 0 Å². The van der Waals surface area contributed by atoms with Crippen LogP contribution in [0.3, 0.4) is 0 Å². The second-order valence-corrected chi connectivity index (χ2v) is 8.01. The van der Waals surface area contributed by atoms with Crippen molar-refractivity contribution in [1.82, 2.24) is 10.2 Å². The second-order valence-electron chi connectivity index (χ2n) is 6.24. The first-order valence-corrected chi connectivity index (χ1v) is 9.85. The maximum Gasteiger partial charge on any atom is 0.329 e. The number of hydrogen-bond acceptors (Lipinski definition) is 6. The number of ether oxygens (including phenoxy) is 1. The third kappa shape index (κ3) is 4.36. The smallest absolute Gasteiger partial charge is 0.329 e. The molecule has 26 heavy (non-hydrogen) atoms. The molecule has 1 aromatic heterocycles. The summed E-state index contributed by atoms with van der Waals surface area (Å²) in [5.41, 5.74) is -0.120. The summed E-state index contributed by atoms with van der Waals surface area (Å²) in [6.07, 6.45) is 3.57. The summed E-state index contributed by atoms with van der Waals surface area (Å²) in [6, 6.07) is 2.47. The number of benzene rings is 1. The number of hydrogen-bond donors (Lipinski definition) is 1. The molecule has 1 atom stereocenters. The number of sulfonamides is 1. The van der Waals surface area contributed by atoms with Gasteiger partial charge in [-0.2, -0.15) is 0 Å². The molecular weight excluding hydrogens is 368 g/mol. The summed E-state index contributed by atoms with van der Waals surface area (Å²) in [7, 11) is -2.31. The Kier molecular flexibility index (Phi) is 5.52. The van der Waals surface area contributed by atoms with Gasteiger partial charge in [-0.3, -0.25) is 0 Å². The Balaban J connectivity index is 1.71. The van der Waals surface area contributed by atoms with Crippen molar-refractivity contribution in [2.24, 2.45) is 5.92 Å². The topological polar surface area (TPSA) is 94.3 Å². The molecule has 7 nitrogen and oxygen atoms in total. The number of halogens is 2. The van der Waals surface area contributed by atoms with Gasteiger partial charge in [0.05, 0.1) is 17.4 Å². The molecule has 10 heteroatoms. The summed E-state index contributed by atoms with van der Waals surface area (Å²) < 4.78 is 64.1. The number of anilines is 1. The van der Waals surface area contributed by atoms with Crippen molar-refractivity contribution in [3.8, 4) is 11.5 Å². The van der Waals surface area contributed by atoms with Crippen molar-refractivity contribution in [2.75, 3.05) is 17.6 Å². The van der Waals surface area contributed by atoms with Gasteiger partial charge in [-0.15, -0.1) is 5.10 Å². The molecule has 0 radical (unpaired) electrons. The molecule has 2 aromatic rings. The van der Waals surface area contributed by atoms with Crippen LogP contribution in [0.25, 0.3) is 11.5 Å². The SMILES string of the molecule is COC(CS(=O)(=O)Nc1nnc(-c2ccc(F)cc2F)o1)C1CCCC1. The number of nitrogens with zero attached hydrogens (tertiary/aromatic N) is 2. The molecule has 1 aliphatic rings. The molecular formula is C16H19F2N3O4S. The Morgan fingerprint density at radius 3 is 2.69 bits per heavy atom. The predicted octanol–water partition coefficient (Wildman–Crippen LogP) is 2.96. The van der Waals surface area contributed by atoms with E-state index in [0.717, 1.165) is 37.8 Å². The molecule has 1 aliphatic carbocycles. The first kappa shape index (κ1) is 18.7.